The van der Waals surface area contributed by atoms with Crippen molar-refractivity contribution in [2.24, 2.45) is 0 Å². The molecule has 0 atom stereocenters. The van der Waals surface area contributed by atoms with Gasteiger partial charge in [0.05, 0.1) is 0 Å². The molecule has 3 nitrogen and oxygen atoms in total. The fraction of sp³-hybridized carbons (Fsp3) is 0.312. The zero-order valence-electron chi connectivity index (χ0n) is 11.4. The van der Waals surface area contributed by atoms with E-state index in [1.165, 1.54) is 25.0 Å². The summed E-state index contributed by atoms with van der Waals surface area (Å²) in [5.74, 6) is 0.651. The number of ether oxygens (including phenoxy) is 1. The summed E-state index contributed by atoms with van der Waals surface area (Å²) < 4.78 is 18.8. The van der Waals surface area contributed by atoms with Gasteiger partial charge >= 0.3 is 0 Å². The summed E-state index contributed by atoms with van der Waals surface area (Å²) >= 11 is 0. The van der Waals surface area contributed by atoms with E-state index in [9.17, 15) is 4.39 Å². The van der Waals surface area contributed by atoms with Gasteiger partial charge in [0.1, 0.15) is 11.6 Å². The zero-order valence-corrected chi connectivity index (χ0v) is 11.4. The number of hydrogen-bond donors (Lipinski definition) is 1. The smallest absolute Gasteiger partial charge is 0.219 e. The highest BCUT2D eigenvalue weighted by Gasteiger charge is 2.20. The van der Waals surface area contributed by atoms with Crippen molar-refractivity contribution in [3.8, 4) is 11.6 Å². The third-order valence-electron chi connectivity index (χ3n) is 3.18. The Morgan fingerprint density at radius 2 is 2.15 bits per heavy atom. The van der Waals surface area contributed by atoms with Crippen LogP contribution in [0.25, 0.3) is 0 Å². The Morgan fingerprint density at radius 3 is 2.90 bits per heavy atom. The van der Waals surface area contributed by atoms with Gasteiger partial charge in [-0.1, -0.05) is 6.07 Å². The van der Waals surface area contributed by atoms with Crippen molar-refractivity contribution in [2.45, 2.75) is 32.4 Å². The Labute approximate surface area is 117 Å². The number of nitrogens with zero attached hydrogens (tertiary/aromatic N) is 1. The van der Waals surface area contributed by atoms with E-state index in [0.717, 1.165) is 17.8 Å². The lowest BCUT2D eigenvalue weighted by atomic mass is 10.2. The minimum atomic E-state index is -0.314. The number of aromatic nitrogens is 1. The molecular formula is C16H17FN2O. The first kappa shape index (κ1) is 13.1. The molecule has 0 bridgehead atoms. The van der Waals surface area contributed by atoms with Crippen LogP contribution in [-0.2, 0) is 6.54 Å². The maximum absolute atomic E-state index is 13.1. The third-order valence-corrected chi connectivity index (χ3v) is 3.18. The molecule has 0 radical (unpaired) electrons. The summed E-state index contributed by atoms with van der Waals surface area (Å²) in [5.41, 5.74) is 2.03. The summed E-state index contributed by atoms with van der Waals surface area (Å²) in [4.78, 5) is 4.33. The van der Waals surface area contributed by atoms with E-state index in [4.69, 9.17) is 4.74 Å². The van der Waals surface area contributed by atoms with Gasteiger partial charge in [-0.25, -0.2) is 9.37 Å². The molecule has 0 amide bonds. The third kappa shape index (κ3) is 3.54. The van der Waals surface area contributed by atoms with Crippen molar-refractivity contribution in [3.05, 3.63) is 53.5 Å². The highest BCUT2D eigenvalue weighted by Crippen LogP contribution is 2.23. The predicted molar refractivity (Wildman–Crippen MR) is 75.3 cm³/mol. The molecule has 4 heteroatoms. The van der Waals surface area contributed by atoms with E-state index in [-0.39, 0.29) is 5.82 Å². The largest absolute Gasteiger partial charge is 0.439 e. The Bertz CT molecular complexity index is 611. The Hall–Kier alpha value is -1.94. The lowest BCUT2D eigenvalue weighted by molar-refractivity contribution is 0.455. The van der Waals surface area contributed by atoms with E-state index >= 15 is 0 Å². The Morgan fingerprint density at radius 1 is 1.30 bits per heavy atom. The summed E-state index contributed by atoms with van der Waals surface area (Å²) in [6.07, 6.45) is 2.52. The van der Waals surface area contributed by atoms with E-state index in [1.807, 2.05) is 19.1 Å². The van der Waals surface area contributed by atoms with Crippen molar-refractivity contribution < 1.29 is 9.13 Å². The number of benzene rings is 1. The molecule has 1 saturated carbocycles. The van der Waals surface area contributed by atoms with Crippen molar-refractivity contribution in [1.29, 1.82) is 0 Å². The molecule has 1 aromatic heterocycles. The molecule has 20 heavy (non-hydrogen) atoms. The lowest BCUT2D eigenvalue weighted by Crippen LogP contribution is -2.15. The van der Waals surface area contributed by atoms with Gasteiger partial charge in [-0.2, -0.15) is 0 Å². The SMILES string of the molecule is Cc1cc(CNC2CC2)cc(Oc2cccc(F)c2)n1. The van der Waals surface area contributed by atoms with Crippen LogP contribution in [0.15, 0.2) is 36.4 Å². The second kappa shape index (κ2) is 5.59. The van der Waals surface area contributed by atoms with Crippen LogP contribution >= 0.6 is 0 Å². The fourth-order valence-corrected chi connectivity index (χ4v) is 2.06. The van der Waals surface area contributed by atoms with Crippen LogP contribution in [0.1, 0.15) is 24.1 Å². The normalized spacial score (nSPS) is 14.3. The number of aryl methyl sites for hydroxylation is 1. The van der Waals surface area contributed by atoms with Gasteiger partial charge in [-0.3, -0.25) is 0 Å². The molecule has 3 rings (SSSR count). The molecule has 1 fully saturated rings. The first-order valence-corrected chi connectivity index (χ1v) is 6.83. The van der Waals surface area contributed by atoms with E-state index in [1.54, 1.807) is 12.1 Å². The zero-order chi connectivity index (χ0) is 13.9. The molecule has 1 heterocycles. The molecule has 1 aromatic carbocycles. The van der Waals surface area contributed by atoms with E-state index in [0.29, 0.717) is 17.7 Å². The number of halogens is 1. The quantitative estimate of drug-likeness (QED) is 0.903. The lowest BCUT2D eigenvalue weighted by Gasteiger charge is -2.09. The minimum absolute atomic E-state index is 0.314. The molecule has 0 saturated heterocycles. The van der Waals surface area contributed by atoms with Gasteiger partial charge in [-0.05, 0) is 43.5 Å². The number of nitrogens with one attached hydrogen (secondary N) is 1. The summed E-state index contributed by atoms with van der Waals surface area (Å²) in [7, 11) is 0. The molecule has 0 aliphatic heterocycles. The molecule has 1 aliphatic rings. The fourth-order valence-electron chi connectivity index (χ4n) is 2.06. The average Bonchev–Trinajstić information content (AvgIpc) is 3.20. The minimum Gasteiger partial charge on any atom is -0.439 e. The van der Waals surface area contributed by atoms with Crippen LogP contribution in [0.3, 0.4) is 0 Å². The molecular weight excluding hydrogens is 255 g/mol. The van der Waals surface area contributed by atoms with Crippen LogP contribution in [0.2, 0.25) is 0 Å². The number of pyridine rings is 1. The van der Waals surface area contributed by atoms with Crippen LogP contribution < -0.4 is 10.1 Å². The highest BCUT2D eigenvalue weighted by molar-refractivity contribution is 5.31. The van der Waals surface area contributed by atoms with Gasteiger partial charge in [0, 0.05) is 30.4 Å². The van der Waals surface area contributed by atoms with Gasteiger partial charge in [0.2, 0.25) is 5.88 Å². The number of rotatable bonds is 5. The Kier molecular flexibility index (Phi) is 3.65. The van der Waals surface area contributed by atoms with E-state index in [2.05, 4.69) is 10.3 Å². The summed E-state index contributed by atoms with van der Waals surface area (Å²) in [6.45, 7) is 2.74. The molecule has 104 valence electrons. The van der Waals surface area contributed by atoms with Crippen molar-refractivity contribution in [3.63, 3.8) is 0 Å². The average molecular weight is 272 g/mol. The van der Waals surface area contributed by atoms with E-state index < -0.39 is 0 Å². The second-order valence-corrected chi connectivity index (χ2v) is 5.17. The molecule has 2 aromatic rings. The highest BCUT2D eigenvalue weighted by atomic mass is 19.1. The maximum atomic E-state index is 13.1. The van der Waals surface area contributed by atoms with Crippen LogP contribution in [-0.4, -0.2) is 11.0 Å². The standard InChI is InChI=1S/C16H17FN2O/c1-11-7-12(10-18-14-5-6-14)8-16(19-11)20-15-4-2-3-13(17)9-15/h2-4,7-9,14,18H,5-6,10H2,1H3. The molecule has 1 N–H and O–H groups in total. The van der Waals surface area contributed by atoms with Gasteiger partial charge in [0.25, 0.3) is 0 Å². The summed E-state index contributed by atoms with van der Waals surface area (Å²) in [5, 5.41) is 3.46. The van der Waals surface area contributed by atoms with Crippen molar-refractivity contribution in [2.75, 3.05) is 0 Å². The monoisotopic (exact) mass is 272 g/mol. The topological polar surface area (TPSA) is 34.1 Å². The second-order valence-electron chi connectivity index (χ2n) is 5.17. The van der Waals surface area contributed by atoms with Gasteiger partial charge in [-0.15, -0.1) is 0 Å². The van der Waals surface area contributed by atoms with Crippen LogP contribution in [0.5, 0.6) is 11.6 Å². The van der Waals surface area contributed by atoms with Gasteiger partial charge < -0.3 is 10.1 Å². The molecule has 0 spiro atoms. The van der Waals surface area contributed by atoms with Crippen molar-refractivity contribution in [1.82, 2.24) is 10.3 Å². The molecule has 0 unspecified atom stereocenters. The van der Waals surface area contributed by atoms with Crippen LogP contribution in [0.4, 0.5) is 4.39 Å². The first-order chi connectivity index (χ1) is 9.69. The van der Waals surface area contributed by atoms with Gasteiger partial charge in [0.15, 0.2) is 0 Å². The number of hydrogen-bond acceptors (Lipinski definition) is 3. The molecule has 1 aliphatic carbocycles. The van der Waals surface area contributed by atoms with Crippen LogP contribution in [0, 0.1) is 12.7 Å². The summed E-state index contributed by atoms with van der Waals surface area (Å²) in [6, 6.07) is 10.7. The van der Waals surface area contributed by atoms with Crippen molar-refractivity contribution >= 4 is 0 Å². The Balaban J connectivity index is 1.74. The first-order valence-electron chi connectivity index (χ1n) is 6.83. The predicted octanol–water partition coefficient (Wildman–Crippen LogP) is 3.57. The maximum Gasteiger partial charge on any atom is 0.219 e.